The summed E-state index contributed by atoms with van der Waals surface area (Å²) in [6.45, 7) is 1.40. The monoisotopic (exact) mass is 249 g/mol. The Labute approximate surface area is 105 Å². The topological polar surface area (TPSA) is 68.1 Å². The van der Waals surface area contributed by atoms with E-state index in [9.17, 15) is 9.90 Å². The van der Waals surface area contributed by atoms with Crippen molar-refractivity contribution in [3.63, 3.8) is 0 Å². The second-order valence-corrected chi connectivity index (χ2v) is 3.45. The number of rotatable bonds is 4. The first-order valence-corrected chi connectivity index (χ1v) is 5.24. The zero-order valence-corrected chi connectivity index (χ0v) is 10.5. The Morgan fingerprint density at radius 3 is 2.33 bits per heavy atom. The highest BCUT2D eigenvalue weighted by Crippen LogP contribution is 2.17. The van der Waals surface area contributed by atoms with Crippen LogP contribution in [0.25, 0.3) is 0 Å². The van der Waals surface area contributed by atoms with Crippen molar-refractivity contribution in [2.75, 3.05) is 14.2 Å². The van der Waals surface area contributed by atoms with Gasteiger partial charge in [-0.3, -0.25) is 4.99 Å². The molecule has 1 rings (SSSR count). The van der Waals surface area contributed by atoms with Gasteiger partial charge in [0.1, 0.15) is 17.1 Å². The molecule has 1 aromatic carbocycles. The van der Waals surface area contributed by atoms with Crippen LogP contribution < -0.4 is 4.74 Å². The summed E-state index contributed by atoms with van der Waals surface area (Å²) in [5.74, 6) is -0.0533. The third-order valence-electron chi connectivity index (χ3n) is 2.21. The van der Waals surface area contributed by atoms with Crippen molar-refractivity contribution < 1.29 is 19.4 Å². The Balaban J connectivity index is 2.90. The normalized spacial score (nSPS) is 12.2. The number of allylic oxidation sites excluding steroid dienone is 1. The number of aliphatic imine (C=N–C) groups is 1. The molecule has 0 fully saturated rings. The molecule has 0 atom stereocenters. The molecule has 0 aliphatic rings. The van der Waals surface area contributed by atoms with Crippen LogP contribution in [0, 0.1) is 0 Å². The Morgan fingerprint density at radius 2 is 1.89 bits per heavy atom. The van der Waals surface area contributed by atoms with E-state index in [2.05, 4.69) is 9.73 Å². The number of methoxy groups -OCH3 is 2. The lowest BCUT2D eigenvalue weighted by atomic mass is 10.2. The molecule has 0 saturated carbocycles. The van der Waals surface area contributed by atoms with E-state index in [-0.39, 0.29) is 11.3 Å². The van der Waals surface area contributed by atoms with Crippen LogP contribution in [0.5, 0.6) is 5.75 Å². The Kier molecular flexibility index (Phi) is 4.92. The summed E-state index contributed by atoms with van der Waals surface area (Å²) in [5, 5.41) is 9.34. The quantitative estimate of drug-likeness (QED) is 0.385. The van der Waals surface area contributed by atoms with E-state index in [0.717, 1.165) is 5.75 Å². The van der Waals surface area contributed by atoms with Crippen LogP contribution >= 0.6 is 0 Å². The number of hydrogen-bond donors (Lipinski definition) is 1. The second-order valence-electron chi connectivity index (χ2n) is 3.45. The third-order valence-corrected chi connectivity index (χ3v) is 2.21. The van der Waals surface area contributed by atoms with Crippen LogP contribution in [0.2, 0.25) is 0 Å². The summed E-state index contributed by atoms with van der Waals surface area (Å²) in [6.07, 6.45) is 1.27. The van der Waals surface area contributed by atoms with Crippen LogP contribution in [0.1, 0.15) is 6.92 Å². The average molecular weight is 249 g/mol. The predicted molar refractivity (Wildman–Crippen MR) is 68.5 cm³/mol. The number of nitrogens with zero attached hydrogens (tertiary/aromatic N) is 1. The minimum atomic E-state index is -0.632. The van der Waals surface area contributed by atoms with E-state index in [1.54, 1.807) is 31.4 Å². The standard InChI is InChI=1S/C13H15NO4/c1-9(15)12(13(16)18-3)8-14-10-4-6-11(17-2)7-5-10/h4-8,15H,1-3H3/b12-9+,14-8?. The summed E-state index contributed by atoms with van der Waals surface area (Å²) in [4.78, 5) is 15.4. The van der Waals surface area contributed by atoms with Gasteiger partial charge < -0.3 is 14.6 Å². The fraction of sp³-hybridized carbons (Fsp3) is 0.231. The first-order chi connectivity index (χ1) is 8.58. The van der Waals surface area contributed by atoms with Gasteiger partial charge in [-0.25, -0.2) is 4.79 Å². The molecule has 96 valence electrons. The number of carbonyl (C=O) groups excluding carboxylic acids is 1. The molecule has 0 heterocycles. The summed E-state index contributed by atoms with van der Waals surface area (Å²) in [7, 11) is 2.82. The first kappa shape index (κ1) is 13.8. The largest absolute Gasteiger partial charge is 0.512 e. The highest BCUT2D eigenvalue weighted by atomic mass is 16.5. The van der Waals surface area contributed by atoms with E-state index < -0.39 is 5.97 Å². The summed E-state index contributed by atoms with van der Waals surface area (Å²) in [5.41, 5.74) is 0.659. The maximum absolute atomic E-state index is 11.3. The van der Waals surface area contributed by atoms with E-state index in [4.69, 9.17) is 4.74 Å². The molecule has 5 nitrogen and oxygen atoms in total. The number of hydrogen-bond acceptors (Lipinski definition) is 5. The van der Waals surface area contributed by atoms with E-state index in [0.29, 0.717) is 5.69 Å². The molecule has 1 aromatic rings. The molecular weight excluding hydrogens is 234 g/mol. The Hall–Kier alpha value is -2.30. The van der Waals surface area contributed by atoms with Crippen LogP contribution in [-0.4, -0.2) is 31.5 Å². The van der Waals surface area contributed by atoms with E-state index in [1.807, 2.05) is 0 Å². The summed E-state index contributed by atoms with van der Waals surface area (Å²) < 4.78 is 9.54. The van der Waals surface area contributed by atoms with Crippen LogP contribution in [0.15, 0.2) is 40.6 Å². The van der Waals surface area contributed by atoms with E-state index in [1.165, 1.54) is 20.2 Å². The van der Waals surface area contributed by atoms with Crippen molar-refractivity contribution in [1.82, 2.24) is 0 Å². The summed E-state index contributed by atoms with van der Waals surface area (Å²) >= 11 is 0. The van der Waals surface area contributed by atoms with Gasteiger partial charge in [0.05, 0.1) is 19.9 Å². The van der Waals surface area contributed by atoms with Crippen LogP contribution in [0.4, 0.5) is 5.69 Å². The number of ether oxygens (including phenoxy) is 2. The van der Waals surface area contributed by atoms with Gasteiger partial charge in [-0.1, -0.05) is 0 Å². The fourth-order valence-electron chi connectivity index (χ4n) is 1.21. The molecule has 0 saturated heterocycles. The summed E-state index contributed by atoms with van der Waals surface area (Å²) in [6, 6.07) is 6.97. The van der Waals surface area contributed by atoms with Crippen molar-refractivity contribution in [3.8, 4) is 5.75 Å². The van der Waals surface area contributed by atoms with Gasteiger partial charge in [-0.15, -0.1) is 0 Å². The molecule has 0 amide bonds. The van der Waals surface area contributed by atoms with Crippen LogP contribution in [-0.2, 0) is 9.53 Å². The number of aliphatic hydroxyl groups is 1. The van der Waals surface area contributed by atoms with Gasteiger partial charge in [0.15, 0.2) is 0 Å². The van der Waals surface area contributed by atoms with Gasteiger partial charge in [0.25, 0.3) is 0 Å². The zero-order valence-electron chi connectivity index (χ0n) is 10.5. The molecule has 0 aromatic heterocycles. The highest BCUT2D eigenvalue weighted by Gasteiger charge is 2.10. The molecule has 18 heavy (non-hydrogen) atoms. The Bertz CT molecular complexity index is 470. The zero-order chi connectivity index (χ0) is 13.5. The van der Waals surface area contributed by atoms with Crippen molar-refractivity contribution in [3.05, 3.63) is 35.6 Å². The van der Waals surface area contributed by atoms with Gasteiger partial charge >= 0.3 is 5.97 Å². The van der Waals surface area contributed by atoms with E-state index >= 15 is 0 Å². The van der Waals surface area contributed by atoms with Crippen molar-refractivity contribution in [2.24, 2.45) is 4.99 Å². The lowest BCUT2D eigenvalue weighted by Crippen LogP contribution is -2.08. The minimum Gasteiger partial charge on any atom is -0.512 e. The van der Waals surface area contributed by atoms with Gasteiger partial charge in [0.2, 0.25) is 0 Å². The SMILES string of the molecule is COC(=O)/C(C=Nc1ccc(OC)cc1)=C(\C)O. The van der Waals surface area contributed by atoms with Gasteiger partial charge in [-0.05, 0) is 31.2 Å². The van der Waals surface area contributed by atoms with Crippen molar-refractivity contribution >= 4 is 17.9 Å². The molecular formula is C13H15NO4. The Morgan fingerprint density at radius 1 is 1.28 bits per heavy atom. The number of esters is 1. The minimum absolute atomic E-state index is 0.0216. The number of carbonyl (C=O) groups is 1. The lowest BCUT2D eigenvalue weighted by Gasteiger charge is -2.01. The molecule has 0 aliphatic heterocycles. The predicted octanol–water partition coefficient (Wildman–Crippen LogP) is 2.40. The molecule has 1 N–H and O–H groups in total. The molecule has 0 aliphatic carbocycles. The molecule has 0 unspecified atom stereocenters. The van der Waals surface area contributed by atoms with Crippen molar-refractivity contribution in [2.45, 2.75) is 6.92 Å². The smallest absolute Gasteiger partial charge is 0.342 e. The highest BCUT2D eigenvalue weighted by molar-refractivity contribution is 6.10. The average Bonchev–Trinajstić information content (AvgIpc) is 2.39. The fourth-order valence-corrected chi connectivity index (χ4v) is 1.21. The lowest BCUT2D eigenvalue weighted by molar-refractivity contribution is -0.135. The molecule has 0 spiro atoms. The third kappa shape index (κ3) is 3.62. The van der Waals surface area contributed by atoms with Crippen LogP contribution in [0.3, 0.4) is 0 Å². The molecule has 0 bridgehead atoms. The molecule has 5 heteroatoms. The number of aliphatic hydroxyl groups excluding tert-OH is 1. The first-order valence-electron chi connectivity index (χ1n) is 5.24. The van der Waals surface area contributed by atoms with Gasteiger partial charge in [0, 0.05) is 6.21 Å². The van der Waals surface area contributed by atoms with Gasteiger partial charge in [-0.2, -0.15) is 0 Å². The maximum Gasteiger partial charge on any atom is 0.342 e. The maximum atomic E-state index is 11.3. The molecule has 0 radical (unpaired) electrons. The van der Waals surface area contributed by atoms with Crippen molar-refractivity contribution in [1.29, 1.82) is 0 Å². The second kappa shape index (κ2) is 6.44. The number of benzene rings is 1.